The van der Waals surface area contributed by atoms with Crippen molar-refractivity contribution >= 4 is 23.0 Å². The molecule has 0 fully saturated rings. The third-order valence-electron chi connectivity index (χ3n) is 4.15. The summed E-state index contributed by atoms with van der Waals surface area (Å²) in [5, 5.41) is 50.2. The standard InChI is InChI=1S/C16H19FN2O6/c1-15(2,16(23,24)25)14-4-9-3-12(18-8-21)11(17)5-13(9)19(14)6-10(22)7-20/h3-5,7-8,20,22-25H,6H2,1-2H3,(H,18,21)/b10-7-. The average molecular weight is 354 g/mol. The molecule has 1 amide bonds. The van der Waals surface area contributed by atoms with E-state index in [4.69, 9.17) is 5.11 Å². The van der Waals surface area contributed by atoms with E-state index in [9.17, 15) is 29.6 Å². The van der Waals surface area contributed by atoms with E-state index in [0.717, 1.165) is 6.07 Å². The summed E-state index contributed by atoms with van der Waals surface area (Å²) < 4.78 is 15.4. The zero-order valence-electron chi connectivity index (χ0n) is 13.6. The molecule has 0 saturated carbocycles. The van der Waals surface area contributed by atoms with Gasteiger partial charge in [-0.1, -0.05) is 0 Å². The van der Waals surface area contributed by atoms with Crippen molar-refractivity contribution in [2.45, 2.75) is 31.8 Å². The number of allylic oxidation sites excluding steroid dienone is 1. The number of halogens is 1. The number of nitrogens with zero attached hydrogens (tertiary/aromatic N) is 1. The van der Waals surface area contributed by atoms with Crippen LogP contribution in [0.3, 0.4) is 0 Å². The minimum atomic E-state index is -3.11. The molecule has 0 saturated heterocycles. The van der Waals surface area contributed by atoms with E-state index >= 15 is 0 Å². The molecule has 1 aromatic heterocycles. The van der Waals surface area contributed by atoms with Crippen LogP contribution in [0, 0.1) is 5.82 Å². The van der Waals surface area contributed by atoms with E-state index in [1.807, 2.05) is 0 Å². The van der Waals surface area contributed by atoms with Crippen LogP contribution in [0.4, 0.5) is 10.1 Å². The van der Waals surface area contributed by atoms with Gasteiger partial charge >= 0.3 is 0 Å². The topological polar surface area (TPSA) is 135 Å². The molecule has 0 radical (unpaired) electrons. The first-order valence-corrected chi connectivity index (χ1v) is 7.25. The number of hydrogen-bond acceptors (Lipinski definition) is 6. The van der Waals surface area contributed by atoms with Crippen LogP contribution in [0.25, 0.3) is 10.9 Å². The lowest BCUT2D eigenvalue weighted by atomic mass is 9.86. The number of aromatic nitrogens is 1. The van der Waals surface area contributed by atoms with Crippen molar-refractivity contribution in [2.75, 3.05) is 5.32 Å². The molecule has 9 heteroatoms. The van der Waals surface area contributed by atoms with E-state index in [-0.39, 0.29) is 23.4 Å². The van der Waals surface area contributed by atoms with Crippen molar-refractivity contribution in [3.8, 4) is 0 Å². The first kappa shape index (κ1) is 18.7. The molecule has 0 aliphatic heterocycles. The van der Waals surface area contributed by atoms with Crippen LogP contribution in [-0.2, 0) is 16.8 Å². The quantitative estimate of drug-likeness (QED) is 0.262. The van der Waals surface area contributed by atoms with Crippen LogP contribution in [-0.4, -0.2) is 42.5 Å². The van der Waals surface area contributed by atoms with E-state index in [2.05, 4.69) is 5.32 Å². The number of carbonyl (C=O) groups is 1. The number of rotatable bonds is 6. The van der Waals surface area contributed by atoms with Gasteiger partial charge in [0.2, 0.25) is 6.41 Å². The number of hydrogen-bond donors (Lipinski definition) is 6. The van der Waals surface area contributed by atoms with E-state index in [1.165, 1.54) is 30.5 Å². The van der Waals surface area contributed by atoms with Crippen LogP contribution in [0.2, 0.25) is 0 Å². The summed E-state index contributed by atoms with van der Waals surface area (Å²) in [4.78, 5) is 10.6. The van der Waals surface area contributed by atoms with Gasteiger partial charge in [0.15, 0.2) is 0 Å². The molecule has 136 valence electrons. The number of carbonyl (C=O) groups excluding carboxylic acids is 1. The van der Waals surface area contributed by atoms with E-state index in [0.29, 0.717) is 18.1 Å². The Balaban J connectivity index is 2.79. The summed E-state index contributed by atoms with van der Waals surface area (Å²) in [6.07, 6.45) is 0.762. The van der Waals surface area contributed by atoms with Gasteiger partial charge in [-0.05, 0) is 26.0 Å². The maximum Gasteiger partial charge on any atom is 0.286 e. The van der Waals surface area contributed by atoms with Crippen molar-refractivity contribution in [1.82, 2.24) is 4.57 Å². The second-order valence-electron chi connectivity index (χ2n) is 6.15. The molecule has 0 aliphatic carbocycles. The molecule has 0 unspecified atom stereocenters. The fraction of sp³-hybridized carbons (Fsp3) is 0.312. The van der Waals surface area contributed by atoms with Gasteiger partial charge in [0.1, 0.15) is 17.8 Å². The van der Waals surface area contributed by atoms with Crippen LogP contribution in [0.1, 0.15) is 19.5 Å². The lowest BCUT2D eigenvalue weighted by molar-refractivity contribution is -0.347. The number of benzene rings is 1. The van der Waals surface area contributed by atoms with E-state index in [1.54, 1.807) is 0 Å². The fourth-order valence-electron chi connectivity index (χ4n) is 2.52. The van der Waals surface area contributed by atoms with Gasteiger partial charge in [0.25, 0.3) is 5.97 Å². The fourth-order valence-corrected chi connectivity index (χ4v) is 2.52. The summed E-state index contributed by atoms with van der Waals surface area (Å²) in [5.41, 5.74) is -1.34. The minimum Gasteiger partial charge on any atom is -0.512 e. The molecule has 0 atom stereocenters. The summed E-state index contributed by atoms with van der Waals surface area (Å²) in [6, 6.07) is 3.86. The number of aliphatic hydroxyl groups is 5. The maximum absolute atomic E-state index is 14.1. The Labute approximate surface area is 142 Å². The second kappa shape index (κ2) is 6.36. The highest BCUT2D eigenvalue weighted by Gasteiger charge is 2.44. The van der Waals surface area contributed by atoms with Crippen molar-refractivity contribution in [3.05, 3.63) is 41.7 Å². The van der Waals surface area contributed by atoms with Gasteiger partial charge in [0.05, 0.1) is 23.2 Å². The summed E-state index contributed by atoms with van der Waals surface area (Å²) in [7, 11) is 0. The van der Waals surface area contributed by atoms with Gasteiger partial charge in [-0.3, -0.25) is 4.79 Å². The van der Waals surface area contributed by atoms with Crippen LogP contribution in [0.15, 0.2) is 30.2 Å². The number of anilines is 1. The Bertz CT molecular complexity index is 835. The third kappa shape index (κ3) is 3.29. The third-order valence-corrected chi connectivity index (χ3v) is 4.15. The Hall–Kier alpha value is -2.62. The molecular formula is C16H19FN2O6. The van der Waals surface area contributed by atoms with Crippen LogP contribution < -0.4 is 5.32 Å². The molecule has 0 spiro atoms. The van der Waals surface area contributed by atoms with Crippen LogP contribution >= 0.6 is 0 Å². The summed E-state index contributed by atoms with van der Waals surface area (Å²) >= 11 is 0. The molecule has 25 heavy (non-hydrogen) atoms. The maximum atomic E-state index is 14.1. The molecule has 2 aromatic rings. The van der Waals surface area contributed by atoms with Gasteiger partial charge in [-0.2, -0.15) is 0 Å². The summed E-state index contributed by atoms with van der Waals surface area (Å²) in [5.74, 6) is -4.33. The molecule has 2 rings (SSSR count). The highest BCUT2D eigenvalue weighted by atomic mass is 19.1. The number of amides is 1. The molecule has 0 aliphatic rings. The Morgan fingerprint density at radius 3 is 2.44 bits per heavy atom. The average Bonchev–Trinajstić information content (AvgIpc) is 2.85. The van der Waals surface area contributed by atoms with Crippen molar-refractivity contribution < 1.29 is 34.7 Å². The molecular weight excluding hydrogens is 335 g/mol. The first-order chi connectivity index (χ1) is 11.5. The number of fused-ring (bicyclic) bond motifs is 1. The van der Waals surface area contributed by atoms with Gasteiger partial charge in [-0.15, -0.1) is 0 Å². The van der Waals surface area contributed by atoms with Crippen molar-refractivity contribution in [1.29, 1.82) is 0 Å². The second-order valence-corrected chi connectivity index (χ2v) is 6.15. The van der Waals surface area contributed by atoms with Crippen molar-refractivity contribution in [2.24, 2.45) is 0 Å². The van der Waals surface area contributed by atoms with Gasteiger partial charge in [-0.25, -0.2) is 4.39 Å². The highest BCUT2D eigenvalue weighted by Crippen LogP contribution is 2.37. The predicted octanol–water partition coefficient (Wildman–Crippen LogP) is 1.21. The Morgan fingerprint density at radius 1 is 1.28 bits per heavy atom. The Kier molecular flexibility index (Phi) is 4.76. The lowest BCUT2D eigenvalue weighted by Crippen LogP contribution is -2.48. The molecule has 8 nitrogen and oxygen atoms in total. The molecule has 6 N–H and O–H groups in total. The predicted molar refractivity (Wildman–Crippen MR) is 87.3 cm³/mol. The monoisotopic (exact) mass is 354 g/mol. The van der Waals surface area contributed by atoms with E-state index < -0.39 is 23.0 Å². The zero-order chi connectivity index (χ0) is 19.0. The normalized spacial score (nSPS) is 13.3. The number of aliphatic hydroxyl groups excluding tert-OH is 2. The Morgan fingerprint density at radius 2 is 1.92 bits per heavy atom. The first-order valence-electron chi connectivity index (χ1n) is 7.25. The smallest absolute Gasteiger partial charge is 0.286 e. The SMILES string of the molecule is CC(C)(c1cc2cc(NC=O)c(F)cc2n1C/C(O)=C/O)C(O)(O)O. The molecule has 0 bridgehead atoms. The molecule has 1 heterocycles. The zero-order valence-corrected chi connectivity index (χ0v) is 13.6. The summed E-state index contributed by atoms with van der Waals surface area (Å²) in [6.45, 7) is 2.35. The van der Waals surface area contributed by atoms with Gasteiger partial charge < -0.3 is 35.4 Å². The van der Waals surface area contributed by atoms with Crippen LogP contribution in [0.5, 0.6) is 0 Å². The molecule has 1 aromatic carbocycles. The minimum absolute atomic E-state index is 0.0887. The van der Waals surface area contributed by atoms with Gasteiger partial charge in [0, 0.05) is 17.1 Å². The van der Waals surface area contributed by atoms with Crippen molar-refractivity contribution in [3.63, 3.8) is 0 Å². The lowest BCUT2D eigenvalue weighted by Gasteiger charge is -2.34. The largest absolute Gasteiger partial charge is 0.512 e. The highest BCUT2D eigenvalue weighted by molar-refractivity contribution is 5.88. The number of nitrogens with one attached hydrogen (secondary N) is 1.